The zero-order chi connectivity index (χ0) is 52.6. The summed E-state index contributed by atoms with van der Waals surface area (Å²) in [5.41, 5.74) is 14.2. The summed E-state index contributed by atoms with van der Waals surface area (Å²) < 4.78 is 45.8. The second-order valence-electron chi connectivity index (χ2n) is 22.6. The summed E-state index contributed by atoms with van der Waals surface area (Å²) in [6.07, 6.45) is 5.74. The minimum Gasteiger partial charge on any atom is -0.508 e. The normalized spacial score (nSPS) is 19.7. The molecule has 6 aromatic carbocycles. The minimum absolute atomic E-state index is 0. The number of aryl methyl sites for hydroxylation is 4. The first-order chi connectivity index (χ1) is 34.6. The van der Waals surface area contributed by atoms with Crippen LogP contribution in [0.4, 0.5) is 8.78 Å². The summed E-state index contributed by atoms with van der Waals surface area (Å²) in [6.45, 7) is 21.8. The van der Waals surface area contributed by atoms with Gasteiger partial charge >= 0.3 is 11.9 Å². The van der Waals surface area contributed by atoms with Gasteiger partial charge in [-0.1, -0.05) is 101 Å². The fourth-order valence-electron chi connectivity index (χ4n) is 11.4. The van der Waals surface area contributed by atoms with Gasteiger partial charge in [0.25, 0.3) is 0 Å². The number of carbonyl (C=O) groups excluding carboxylic acids is 2. The van der Waals surface area contributed by atoms with E-state index in [-0.39, 0.29) is 66.9 Å². The summed E-state index contributed by atoms with van der Waals surface area (Å²) >= 11 is 5.93. The molecule has 4 aliphatic rings. The first-order valence-electron chi connectivity index (χ1n) is 25.9. The summed E-state index contributed by atoms with van der Waals surface area (Å²) in [6, 6.07) is 34.6. The Labute approximate surface area is 446 Å². The lowest BCUT2D eigenvalue weighted by molar-refractivity contribution is -0.146. The summed E-state index contributed by atoms with van der Waals surface area (Å²) in [7, 11) is 0. The number of rotatable bonds is 10. The van der Waals surface area contributed by atoms with Gasteiger partial charge in [0.1, 0.15) is 29.7 Å². The molecule has 10 rings (SSSR count). The number of hydrogen-bond acceptors (Lipinski definition) is 6. The Morgan fingerprint density at radius 2 is 1.08 bits per heavy atom. The Bertz CT molecular complexity index is 3050. The number of fused-ring (bicyclic) bond motifs is 4. The van der Waals surface area contributed by atoms with Gasteiger partial charge in [-0.3, -0.25) is 9.59 Å². The quantitative estimate of drug-likeness (QED) is 0.0836. The molecule has 0 aliphatic heterocycles. The van der Waals surface area contributed by atoms with Gasteiger partial charge in [-0.25, -0.2) is 8.78 Å². The predicted molar refractivity (Wildman–Crippen MR) is 296 cm³/mol. The average Bonchev–Trinajstić information content (AvgIpc) is 4.21. The highest BCUT2D eigenvalue weighted by atomic mass is 35.5. The molecule has 2 spiro atoms. The Morgan fingerprint density at radius 1 is 0.622 bits per heavy atom. The van der Waals surface area contributed by atoms with Gasteiger partial charge in [-0.2, -0.15) is 0 Å². The number of esters is 2. The average molecular weight is 1020 g/mol. The molecule has 2 saturated carbocycles. The van der Waals surface area contributed by atoms with Crippen molar-refractivity contribution in [3.63, 3.8) is 0 Å². The van der Waals surface area contributed by atoms with Gasteiger partial charge < -0.3 is 19.3 Å². The molecule has 6 nitrogen and oxygen atoms in total. The SMILES string of the molecule is CCOC(=O)[C@H]1C[C@@]12CCc1ccc(O)cc12.CCOC(=O)[C@H]1C[C@@]12CCc1ccc(OCc3ccc(C(C)(C)C)c(-c4cc(C)ccc4F)c3)cc12.Cc1ccc(F)c(-c2cc(CCl)ccc2C(C)(C)C)c1.[3HH].[B]. The van der Waals surface area contributed by atoms with Crippen LogP contribution in [0.5, 0.6) is 11.5 Å². The molecule has 4 atom stereocenters. The first kappa shape index (κ1) is 55.8. The summed E-state index contributed by atoms with van der Waals surface area (Å²) in [5.74, 6) is 0.936. The third kappa shape index (κ3) is 11.6. The highest BCUT2D eigenvalue weighted by Gasteiger charge is 2.63. The van der Waals surface area contributed by atoms with Crippen LogP contribution in [0.3, 0.4) is 0 Å². The van der Waals surface area contributed by atoms with Crippen LogP contribution in [0, 0.1) is 37.3 Å². The molecule has 1 N–H and O–H groups in total. The fourth-order valence-corrected chi connectivity index (χ4v) is 11.6. The van der Waals surface area contributed by atoms with E-state index >= 15 is 0 Å². The van der Waals surface area contributed by atoms with Gasteiger partial charge in [-0.15, -0.1) is 11.6 Å². The second-order valence-corrected chi connectivity index (χ2v) is 22.9. The highest BCUT2D eigenvalue weighted by molar-refractivity contribution is 6.17. The fraction of sp³-hybridized carbons (Fsp3) is 0.406. The Kier molecular flexibility index (Phi) is 16.7. The topological polar surface area (TPSA) is 82.1 Å². The zero-order valence-corrected chi connectivity index (χ0v) is 45.6. The lowest BCUT2D eigenvalue weighted by atomic mass is 9.81. The number of phenolic OH excluding ortho intramolecular Hbond substituents is 1. The standard InChI is InChI=1S/C32H35FO3.C18H20ClF.C14H16O3.B.H2/c1-6-35-30(34)28-18-32(28)14-13-22-9-10-23(17-27(22)32)36-19-21-8-11-26(31(3,4)5)24(16-21)25-15-20(2)7-12-29(25)33;1-12-5-8-17(20)15(9-12)14-10-13(11-19)6-7-16(14)18(2,3)4;1-2-17-13(16)12-8-14(12)6-5-9-3-4-10(15)7-11(9)14;;/h7-12,15-17,28H,6,13-14,18-19H2,1-5H3;5-10H,11H2,1-4H3;3-4,7,12,15H,2,5-6,8H2,1H3;;1H/t28-,32-;;12-,14-;;/m1.1../s1/i;;;;1+2. The summed E-state index contributed by atoms with van der Waals surface area (Å²) in [4.78, 5) is 24.2. The minimum atomic E-state index is -0.214. The van der Waals surface area contributed by atoms with Crippen LogP contribution >= 0.6 is 11.6 Å². The van der Waals surface area contributed by atoms with E-state index in [0.29, 0.717) is 42.6 Å². The highest BCUT2D eigenvalue weighted by Crippen LogP contribution is 2.63. The van der Waals surface area contributed by atoms with Crippen LogP contribution in [0.25, 0.3) is 22.3 Å². The molecular weight excluding hydrogens is 949 g/mol. The zero-order valence-electron chi connectivity index (χ0n) is 44.8. The van der Waals surface area contributed by atoms with E-state index < -0.39 is 0 Å². The Hall–Kier alpha value is -5.93. The molecule has 0 unspecified atom stereocenters. The maximum Gasteiger partial charge on any atom is 0.309 e. The monoisotopic (exact) mass is 1020 g/mol. The van der Waals surface area contributed by atoms with Crippen LogP contribution in [0.1, 0.15) is 138 Å². The van der Waals surface area contributed by atoms with E-state index in [2.05, 4.69) is 77.9 Å². The molecule has 74 heavy (non-hydrogen) atoms. The molecule has 0 heterocycles. The third-order valence-electron chi connectivity index (χ3n) is 15.4. The van der Waals surface area contributed by atoms with E-state index in [1.165, 1.54) is 22.8 Å². The van der Waals surface area contributed by atoms with Crippen LogP contribution in [-0.2, 0) is 66.1 Å². The van der Waals surface area contributed by atoms with E-state index in [9.17, 15) is 23.5 Å². The molecule has 2 fully saturated rings. The molecule has 0 bridgehead atoms. The van der Waals surface area contributed by atoms with Crippen LogP contribution in [0.2, 0.25) is 0 Å². The second kappa shape index (κ2) is 22.1. The molecule has 10 heteroatoms. The van der Waals surface area contributed by atoms with Crippen molar-refractivity contribution >= 4 is 32.0 Å². The molecule has 6 aromatic rings. The van der Waals surface area contributed by atoms with E-state index in [1.807, 2.05) is 70.2 Å². The van der Waals surface area contributed by atoms with Crippen LogP contribution < -0.4 is 4.74 Å². The van der Waals surface area contributed by atoms with Crippen molar-refractivity contribution in [2.45, 2.75) is 142 Å². The number of halogens is 3. The molecular formula is C64H73BClF2O6. The van der Waals surface area contributed by atoms with Crippen LogP contribution in [0.15, 0.2) is 109 Å². The Balaban J connectivity index is 0.000000198. The smallest absolute Gasteiger partial charge is 0.309 e. The molecule has 4 aliphatic carbocycles. The third-order valence-corrected chi connectivity index (χ3v) is 15.7. The van der Waals surface area contributed by atoms with Crippen LogP contribution in [-0.4, -0.2) is 38.7 Å². The number of carbonyl (C=O) groups is 2. The number of ether oxygens (including phenoxy) is 3. The van der Waals surface area contributed by atoms with Gasteiger partial charge in [0.05, 0.1) is 25.0 Å². The van der Waals surface area contributed by atoms with Crippen molar-refractivity contribution in [3.8, 4) is 33.8 Å². The van der Waals surface area contributed by atoms with Gasteiger partial charge in [0.2, 0.25) is 0 Å². The first-order valence-corrected chi connectivity index (χ1v) is 26.4. The molecule has 0 saturated heterocycles. The van der Waals surface area contributed by atoms with E-state index in [0.717, 1.165) is 94.3 Å². The van der Waals surface area contributed by atoms with Gasteiger partial charge in [0, 0.05) is 37.7 Å². The van der Waals surface area contributed by atoms with Crippen molar-refractivity contribution in [3.05, 3.63) is 176 Å². The van der Waals surface area contributed by atoms with Crippen molar-refractivity contribution < 1.29 is 39.1 Å². The molecule has 389 valence electrons. The van der Waals surface area contributed by atoms with Gasteiger partial charge in [0.15, 0.2) is 0 Å². The number of alkyl halides is 1. The molecule has 0 aromatic heterocycles. The largest absolute Gasteiger partial charge is 0.508 e. The molecule has 0 amide bonds. The lowest BCUT2D eigenvalue weighted by Crippen LogP contribution is -2.15. The Morgan fingerprint density at radius 3 is 1.55 bits per heavy atom. The van der Waals surface area contributed by atoms with Crippen molar-refractivity contribution in [1.29, 1.82) is 0 Å². The molecule has 3 radical (unpaired) electrons. The van der Waals surface area contributed by atoms with E-state index in [1.54, 1.807) is 24.3 Å². The number of phenols is 1. The number of hydrogen-bond donors (Lipinski definition) is 1. The maximum absolute atomic E-state index is 14.9. The van der Waals surface area contributed by atoms with Crippen molar-refractivity contribution in [2.75, 3.05) is 13.2 Å². The van der Waals surface area contributed by atoms with Gasteiger partial charge in [-0.05, 0) is 193 Å². The van der Waals surface area contributed by atoms with Crippen molar-refractivity contribution in [2.24, 2.45) is 11.8 Å². The lowest BCUT2D eigenvalue weighted by Gasteiger charge is -2.24. The van der Waals surface area contributed by atoms with Crippen molar-refractivity contribution in [1.82, 2.24) is 0 Å². The number of aromatic hydroxyl groups is 1. The predicted octanol–water partition coefficient (Wildman–Crippen LogP) is 15.3. The maximum atomic E-state index is 14.9. The van der Waals surface area contributed by atoms with E-state index in [4.69, 9.17) is 25.8 Å². The number of benzene rings is 6. The summed E-state index contributed by atoms with van der Waals surface area (Å²) in [5, 5.41) is 9.57.